The SMILES string of the molecule is COc1cccc(C(CO)NC(=O)C(C)N2Cc3ccc(-c4nc(N[C@H]5CC[C@H](OC)CC5)ncc4Cl)cc3C2=O)c1. The molecule has 0 spiro atoms. The van der Waals surface area contributed by atoms with Crippen molar-refractivity contribution in [1.29, 1.82) is 0 Å². The van der Waals surface area contributed by atoms with E-state index in [1.165, 1.54) is 4.90 Å². The molecule has 2 heterocycles. The van der Waals surface area contributed by atoms with Crippen molar-refractivity contribution in [2.24, 2.45) is 0 Å². The van der Waals surface area contributed by atoms with E-state index >= 15 is 0 Å². The van der Waals surface area contributed by atoms with Crippen LogP contribution in [0.1, 0.15) is 60.1 Å². The van der Waals surface area contributed by atoms with Gasteiger partial charge in [0.2, 0.25) is 11.9 Å². The van der Waals surface area contributed by atoms with Gasteiger partial charge in [-0.25, -0.2) is 9.97 Å². The number of carbonyl (C=O) groups excluding carboxylic acids is 2. The molecule has 1 fully saturated rings. The van der Waals surface area contributed by atoms with Gasteiger partial charge in [-0.1, -0.05) is 35.9 Å². The van der Waals surface area contributed by atoms with Gasteiger partial charge in [-0.05, 0) is 61.9 Å². The van der Waals surface area contributed by atoms with Gasteiger partial charge in [0.25, 0.3) is 5.91 Å². The first-order chi connectivity index (χ1) is 20.3. The maximum Gasteiger partial charge on any atom is 0.255 e. The quantitative estimate of drug-likeness (QED) is 0.316. The molecule has 42 heavy (non-hydrogen) atoms. The number of aliphatic hydroxyl groups excluding tert-OH is 1. The van der Waals surface area contributed by atoms with E-state index in [0.29, 0.717) is 51.8 Å². The Morgan fingerprint density at radius 3 is 2.67 bits per heavy atom. The molecule has 3 aromatic rings. The second kappa shape index (κ2) is 13.1. The first-order valence-corrected chi connectivity index (χ1v) is 14.5. The Morgan fingerprint density at radius 1 is 1.17 bits per heavy atom. The third kappa shape index (κ3) is 6.35. The van der Waals surface area contributed by atoms with E-state index in [9.17, 15) is 14.7 Å². The van der Waals surface area contributed by atoms with Crippen LogP contribution in [0.25, 0.3) is 11.3 Å². The minimum absolute atomic E-state index is 0.252. The van der Waals surface area contributed by atoms with Crippen LogP contribution in [-0.4, -0.2) is 70.8 Å². The molecule has 2 atom stereocenters. The molecule has 0 saturated heterocycles. The molecule has 2 aliphatic rings. The molecule has 0 bridgehead atoms. The fraction of sp³-hybridized carbons (Fsp3) is 0.419. The molecule has 222 valence electrons. The van der Waals surface area contributed by atoms with Crippen LogP contribution in [0.2, 0.25) is 5.02 Å². The Bertz CT molecular complexity index is 1440. The number of aromatic nitrogens is 2. The van der Waals surface area contributed by atoms with Crippen LogP contribution in [-0.2, 0) is 16.1 Å². The number of nitrogens with zero attached hydrogens (tertiary/aromatic N) is 3. The smallest absolute Gasteiger partial charge is 0.255 e. The van der Waals surface area contributed by atoms with Crippen molar-refractivity contribution in [1.82, 2.24) is 20.2 Å². The minimum atomic E-state index is -0.764. The highest BCUT2D eigenvalue weighted by atomic mass is 35.5. The minimum Gasteiger partial charge on any atom is -0.497 e. The molecule has 1 aliphatic carbocycles. The first-order valence-electron chi connectivity index (χ1n) is 14.1. The summed E-state index contributed by atoms with van der Waals surface area (Å²) in [4.78, 5) is 37.3. The standard InChI is InChI=1S/C31H36ClN5O5/c1-18(29(39)35-27(17-38)19-5-4-6-24(13-19)42-3)37-16-21-8-7-20(14-25(21)30(37)40)28-26(32)15-33-31(36-28)34-22-9-11-23(41-2)12-10-22/h4-8,13-15,18,22-23,27,38H,9-12,16-17H2,1-3H3,(H,35,39)(H,33,34,36)/t18?,22-,23-,27?. The first kappa shape index (κ1) is 29.8. The molecule has 5 rings (SSSR count). The number of anilines is 1. The summed E-state index contributed by atoms with van der Waals surface area (Å²) in [6, 6.07) is 11.5. The molecule has 11 heteroatoms. The van der Waals surface area contributed by atoms with Crippen molar-refractivity contribution < 1.29 is 24.2 Å². The number of rotatable bonds is 10. The second-order valence-electron chi connectivity index (χ2n) is 10.7. The number of halogens is 1. The number of methoxy groups -OCH3 is 2. The Balaban J connectivity index is 1.28. The summed E-state index contributed by atoms with van der Waals surface area (Å²) in [5.74, 6) is 0.487. The van der Waals surface area contributed by atoms with Crippen molar-refractivity contribution in [3.05, 3.63) is 70.4 Å². The normalized spacial score (nSPS) is 19.6. The molecule has 3 N–H and O–H groups in total. The van der Waals surface area contributed by atoms with Crippen molar-refractivity contribution >= 4 is 29.4 Å². The number of carbonyl (C=O) groups is 2. The van der Waals surface area contributed by atoms with Gasteiger partial charge in [0, 0.05) is 30.8 Å². The van der Waals surface area contributed by atoms with Gasteiger partial charge >= 0.3 is 0 Å². The summed E-state index contributed by atoms with van der Waals surface area (Å²) in [6.07, 6.45) is 5.76. The van der Waals surface area contributed by atoms with Gasteiger partial charge in [-0.15, -0.1) is 0 Å². The summed E-state index contributed by atoms with van der Waals surface area (Å²) < 4.78 is 10.7. The van der Waals surface area contributed by atoms with Crippen molar-refractivity contribution in [3.63, 3.8) is 0 Å². The fourth-order valence-electron chi connectivity index (χ4n) is 5.57. The number of amides is 2. The van der Waals surface area contributed by atoms with E-state index in [4.69, 9.17) is 21.1 Å². The summed E-state index contributed by atoms with van der Waals surface area (Å²) in [7, 11) is 3.30. The summed E-state index contributed by atoms with van der Waals surface area (Å²) in [6.45, 7) is 1.67. The van der Waals surface area contributed by atoms with Crippen LogP contribution in [0.4, 0.5) is 5.95 Å². The lowest BCUT2D eigenvalue weighted by Crippen LogP contribution is -2.46. The monoisotopic (exact) mass is 593 g/mol. The van der Waals surface area contributed by atoms with Crippen LogP contribution in [0.15, 0.2) is 48.7 Å². The number of benzene rings is 2. The van der Waals surface area contributed by atoms with E-state index in [2.05, 4.69) is 20.6 Å². The van der Waals surface area contributed by atoms with Crippen LogP contribution in [0, 0.1) is 0 Å². The number of nitrogens with one attached hydrogen (secondary N) is 2. The molecular formula is C31H36ClN5O5. The lowest BCUT2D eigenvalue weighted by Gasteiger charge is -2.28. The summed E-state index contributed by atoms with van der Waals surface area (Å²) >= 11 is 6.51. The highest BCUT2D eigenvalue weighted by Gasteiger charge is 2.35. The van der Waals surface area contributed by atoms with Crippen LogP contribution >= 0.6 is 11.6 Å². The van der Waals surface area contributed by atoms with E-state index in [1.54, 1.807) is 57.7 Å². The third-order valence-corrected chi connectivity index (χ3v) is 8.42. The number of ether oxygens (including phenoxy) is 2. The fourth-order valence-corrected chi connectivity index (χ4v) is 5.77. The van der Waals surface area contributed by atoms with Crippen LogP contribution < -0.4 is 15.4 Å². The predicted octanol–water partition coefficient (Wildman–Crippen LogP) is 4.37. The average molecular weight is 594 g/mol. The van der Waals surface area contributed by atoms with Crippen molar-refractivity contribution in [2.75, 3.05) is 26.1 Å². The van der Waals surface area contributed by atoms with Gasteiger partial charge in [-0.2, -0.15) is 0 Å². The second-order valence-corrected chi connectivity index (χ2v) is 11.2. The molecule has 10 nitrogen and oxygen atoms in total. The van der Waals surface area contributed by atoms with Gasteiger partial charge < -0.3 is 30.1 Å². The van der Waals surface area contributed by atoms with Crippen molar-refractivity contribution in [3.8, 4) is 17.0 Å². The van der Waals surface area contributed by atoms with E-state index < -0.39 is 12.1 Å². The van der Waals surface area contributed by atoms with Gasteiger partial charge in [0.15, 0.2) is 0 Å². The maximum atomic E-state index is 13.5. The predicted molar refractivity (Wildman–Crippen MR) is 159 cm³/mol. The third-order valence-electron chi connectivity index (χ3n) is 8.14. The topological polar surface area (TPSA) is 126 Å². The lowest BCUT2D eigenvalue weighted by molar-refractivity contribution is -0.126. The molecule has 2 aromatic carbocycles. The van der Waals surface area contributed by atoms with Gasteiger partial charge in [0.05, 0.1) is 42.8 Å². The van der Waals surface area contributed by atoms with Crippen molar-refractivity contribution in [2.45, 2.75) is 63.4 Å². The summed E-state index contributed by atoms with van der Waals surface area (Å²) in [5.41, 5.74) is 3.24. The Labute approximate surface area is 250 Å². The molecular weight excluding hydrogens is 558 g/mol. The Morgan fingerprint density at radius 2 is 1.95 bits per heavy atom. The molecule has 2 unspecified atom stereocenters. The highest BCUT2D eigenvalue weighted by Crippen LogP contribution is 2.33. The zero-order chi connectivity index (χ0) is 29.8. The number of aliphatic hydroxyl groups is 1. The van der Waals surface area contributed by atoms with E-state index in [0.717, 1.165) is 31.2 Å². The summed E-state index contributed by atoms with van der Waals surface area (Å²) in [5, 5.41) is 16.6. The molecule has 0 radical (unpaired) electrons. The Kier molecular flexibility index (Phi) is 9.25. The lowest BCUT2D eigenvalue weighted by atomic mass is 9.93. The van der Waals surface area contributed by atoms with Gasteiger partial charge in [-0.3, -0.25) is 9.59 Å². The average Bonchev–Trinajstić information content (AvgIpc) is 3.35. The van der Waals surface area contributed by atoms with E-state index in [-0.39, 0.29) is 24.5 Å². The molecule has 1 aliphatic heterocycles. The number of hydrogen-bond acceptors (Lipinski definition) is 8. The molecule has 1 aromatic heterocycles. The molecule has 2 amide bonds. The number of hydrogen-bond donors (Lipinski definition) is 3. The largest absolute Gasteiger partial charge is 0.497 e. The Hall–Kier alpha value is -3.73. The van der Waals surface area contributed by atoms with Gasteiger partial charge in [0.1, 0.15) is 11.8 Å². The maximum absolute atomic E-state index is 13.5. The number of fused-ring (bicyclic) bond motifs is 1. The van der Waals surface area contributed by atoms with Crippen LogP contribution in [0.5, 0.6) is 5.75 Å². The molecule has 1 saturated carbocycles. The highest BCUT2D eigenvalue weighted by molar-refractivity contribution is 6.33. The van der Waals surface area contributed by atoms with Crippen LogP contribution in [0.3, 0.4) is 0 Å². The zero-order valence-corrected chi connectivity index (χ0v) is 24.7. The van der Waals surface area contributed by atoms with E-state index in [1.807, 2.05) is 12.1 Å². The zero-order valence-electron chi connectivity index (χ0n) is 24.0.